The Morgan fingerprint density at radius 1 is 1.15 bits per heavy atom. The van der Waals surface area contributed by atoms with Gasteiger partial charge < -0.3 is 23.8 Å². The second-order valence-corrected chi connectivity index (χ2v) is 15.0. The summed E-state index contributed by atoms with van der Waals surface area (Å²) >= 11 is 6.62. The number of alkyl halides is 1. The minimum absolute atomic E-state index is 0.0134. The van der Waals surface area contributed by atoms with E-state index < -0.39 is 17.5 Å². The summed E-state index contributed by atoms with van der Waals surface area (Å²) in [4.78, 5) is 37.0. The Hall–Kier alpha value is -4.79. The summed E-state index contributed by atoms with van der Waals surface area (Å²) in [5.74, 6) is 0.779. The van der Waals surface area contributed by atoms with Gasteiger partial charge in [-0.15, -0.1) is 0 Å². The molecule has 4 aliphatic rings. The van der Waals surface area contributed by atoms with E-state index in [1.165, 1.54) is 12.2 Å². The summed E-state index contributed by atoms with van der Waals surface area (Å²) in [5, 5.41) is 6.42. The average Bonchev–Trinajstić information content (AvgIpc) is 3.81. The molecule has 9 rings (SSSR count). The monoisotopic (exact) mass is 742 g/mol. The van der Waals surface area contributed by atoms with Crippen LogP contribution in [0.2, 0.25) is 5.02 Å². The molecule has 2 atom stereocenters. The summed E-state index contributed by atoms with van der Waals surface area (Å²) in [7, 11) is 1.87. The minimum Gasteiger partial charge on any atom is -0.461 e. The van der Waals surface area contributed by atoms with Crippen LogP contribution in [0.15, 0.2) is 53.2 Å². The highest BCUT2D eigenvalue weighted by Crippen LogP contribution is 2.41. The highest BCUT2D eigenvalue weighted by atomic mass is 35.5. The number of benzene rings is 2. The molecule has 274 valence electrons. The van der Waals surface area contributed by atoms with E-state index in [1.54, 1.807) is 23.2 Å². The second kappa shape index (κ2) is 13.6. The largest absolute Gasteiger partial charge is 0.461 e. The van der Waals surface area contributed by atoms with E-state index in [0.717, 1.165) is 24.8 Å². The van der Waals surface area contributed by atoms with Gasteiger partial charge >= 0.3 is 6.01 Å². The first kappa shape index (κ1) is 34.0. The lowest BCUT2D eigenvalue weighted by Gasteiger charge is -2.40. The van der Waals surface area contributed by atoms with Crippen molar-refractivity contribution in [3.05, 3.63) is 71.2 Å². The van der Waals surface area contributed by atoms with Crippen LogP contribution in [0.1, 0.15) is 36.9 Å². The molecule has 53 heavy (non-hydrogen) atoms. The number of anilines is 1. The molecule has 12 nitrogen and oxygen atoms in total. The lowest BCUT2D eigenvalue weighted by Crippen LogP contribution is -2.53. The van der Waals surface area contributed by atoms with Gasteiger partial charge in [-0.1, -0.05) is 47.1 Å². The standard InChI is InChI=1S/C38H37ClF2N8O4/c1-47(15-22-16-48(17-22)30(50)10-9-29-43-35(46-53-29)24-19-51-20-24)36-27-14-42-33(26-7-2-5-23-6-3-8-28(39)31(23)26)32(41)34(27)44-37(45-36)52-21-38-11-4-12-49(38)18-25(40)13-38/h2-3,5-10,14,22,24-25H,4,11-13,15-21H2,1H3/b10-9+/t25-,38+/m1/s1. The number of ether oxygens (including phenoxy) is 2. The molecule has 0 spiro atoms. The first-order chi connectivity index (χ1) is 25.7. The predicted molar refractivity (Wildman–Crippen MR) is 194 cm³/mol. The van der Waals surface area contributed by atoms with E-state index in [0.29, 0.717) is 78.8 Å². The summed E-state index contributed by atoms with van der Waals surface area (Å²) in [6.45, 7) is 4.11. The highest BCUT2D eigenvalue weighted by molar-refractivity contribution is 6.36. The number of hydrogen-bond donors (Lipinski definition) is 0. The van der Waals surface area contributed by atoms with E-state index in [1.807, 2.05) is 36.2 Å². The van der Waals surface area contributed by atoms with Gasteiger partial charge in [-0.05, 0) is 30.8 Å². The Morgan fingerprint density at radius 3 is 2.79 bits per heavy atom. The van der Waals surface area contributed by atoms with Gasteiger partial charge in [0.2, 0.25) is 5.91 Å². The quantitative estimate of drug-likeness (QED) is 0.164. The zero-order chi connectivity index (χ0) is 36.3. The van der Waals surface area contributed by atoms with Gasteiger partial charge in [0, 0.05) is 79.9 Å². The maximum absolute atomic E-state index is 16.8. The normalized spacial score (nSPS) is 22.1. The molecule has 1 amide bonds. The van der Waals surface area contributed by atoms with Crippen molar-refractivity contribution < 1.29 is 27.6 Å². The van der Waals surface area contributed by atoms with Crippen LogP contribution in [0.5, 0.6) is 6.01 Å². The number of likely N-dealkylation sites (tertiary alicyclic amines) is 1. The van der Waals surface area contributed by atoms with Crippen LogP contribution in [-0.4, -0.2) is 112 Å². The molecule has 4 saturated heterocycles. The number of carbonyl (C=O) groups excluding carboxylic acids is 1. The van der Waals surface area contributed by atoms with Gasteiger partial charge in [-0.3, -0.25) is 14.7 Å². The number of carbonyl (C=O) groups is 1. The van der Waals surface area contributed by atoms with Crippen LogP contribution >= 0.6 is 11.6 Å². The van der Waals surface area contributed by atoms with E-state index in [9.17, 15) is 9.18 Å². The zero-order valence-corrected chi connectivity index (χ0v) is 29.8. The Kier molecular flexibility index (Phi) is 8.70. The smallest absolute Gasteiger partial charge is 0.319 e. The Morgan fingerprint density at radius 2 is 1.98 bits per heavy atom. The molecule has 0 radical (unpaired) electrons. The number of fused-ring (bicyclic) bond motifs is 3. The molecule has 0 bridgehead atoms. The van der Waals surface area contributed by atoms with Crippen LogP contribution in [0.4, 0.5) is 14.6 Å². The average molecular weight is 743 g/mol. The van der Waals surface area contributed by atoms with Crippen LogP contribution in [-0.2, 0) is 9.53 Å². The molecule has 4 fully saturated rings. The third-order valence-corrected chi connectivity index (χ3v) is 11.3. The maximum Gasteiger partial charge on any atom is 0.319 e. The van der Waals surface area contributed by atoms with Crippen LogP contribution in [0.3, 0.4) is 0 Å². The molecule has 2 aromatic carbocycles. The number of rotatable bonds is 10. The zero-order valence-electron chi connectivity index (χ0n) is 29.1. The molecule has 5 aromatic rings. The third-order valence-electron chi connectivity index (χ3n) is 11.0. The fraction of sp³-hybridized carbons (Fsp3) is 0.421. The highest BCUT2D eigenvalue weighted by Gasteiger charge is 2.49. The molecule has 0 unspecified atom stereocenters. The van der Waals surface area contributed by atoms with Crippen molar-refractivity contribution in [2.75, 3.05) is 64.5 Å². The molecular weight excluding hydrogens is 706 g/mol. The first-order valence-electron chi connectivity index (χ1n) is 17.9. The van der Waals surface area contributed by atoms with Gasteiger partial charge in [0.15, 0.2) is 11.6 Å². The lowest BCUT2D eigenvalue weighted by molar-refractivity contribution is -0.131. The summed E-state index contributed by atoms with van der Waals surface area (Å²) in [6, 6.07) is 11.1. The van der Waals surface area contributed by atoms with Crippen molar-refractivity contribution in [2.24, 2.45) is 5.92 Å². The SMILES string of the molecule is CN(CC1CN(C(=O)/C=C/c2nc(C3COC3)no2)C1)c1nc(OC[C@@]23CCCN2C[C@H](F)C3)nc2c(F)c(-c3cccc4cccc(Cl)c34)ncc12. The van der Waals surface area contributed by atoms with Crippen LogP contribution < -0.4 is 9.64 Å². The number of amides is 1. The number of hydrogen-bond acceptors (Lipinski definition) is 11. The summed E-state index contributed by atoms with van der Waals surface area (Å²) in [6.07, 6.45) is 5.80. The first-order valence-corrected chi connectivity index (χ1v) is 18.3. The van der Waals surface area contributed by atoms with Crippen molar-refractivity contribution in [3.8, 4) is 17.3 Å². The Labute approximate surface area is 308 Å². The Balaban J connectivity index is 0.973. The van der Waals surface area contributed by atoms with Crippen molar-refractivity contribution in [2.45, 2.75) is 36.9 Å². The van der Waals surface area contributed by atoms with E-state index >= 15 is 4.39 Å². The maximum atomic E-state index is 16.8. The third kappa shape index (κ3) is 6.25. The predicted octanol–water partition coefficient (Wildman–Crippen LogP) is 5.70. The lowest BCUT2D eigenvalue weighted by atomic mass is 9.95. The van der Waals surface area contributed by atoms with Gasteiger partial charge in [0.25, 0.3) is 5.89 Å². The molecular formula is C38H37ClF2N8O4. The minimum atomic E-state index is -0.916. The van der Waals surface area contributed by atoms with Gasteiger partial charge in [-0.25, -0.2) is 8.78 Å². The molecule has 0 N–H and O–H groups in total. The van der Waals surface area contributed by atoms with Crippen molar-refractivity contribution in [3.63, 3.8) is 0 Å². The van der Waals surface area contributed by atoms with Gasteiger partial charge in [0.05, 0.1) is 30.1 Å². The van der Waals surface area contributed by atoms with Crippen LogP contribution in [0.25, 0.3) is 39.0 Å². The fourth-order valence-electron chi connectivity index (χ4n) is 8.16. The number of halogens is 3. The van der Waals surface area contributed by atoms with Crippen molar-refractivity contribution in [1.29, 1.82) is 0 Å². The van der Waals surface area contributed by atoms with Crippen molar-refractivity contribution in [1.82, 2.24) is 34.9 Å². The number of nitrogens with zero attached hydrogens (tertiary/aromatic N) is 8. The van der Waals surface area contributed by atoms with E-state index in [4.69, 9.17) is 30.6 Å². The molecule has 0 aliphatic carbocycles. The van der Waals surface area contributed by atoms with Crippen LogP contribution in [0, 0.1) is 11.7 Å². The van der Waals surface area contributed by atoms with Gasteiger partial charge in [-0.2, -0.15) is 15.0 Å². The molecule has 0 saturated carbocycles. The molecule has 15 heteroatoms. The number of pyridine rings is 1. The van der Waals surface area contributed by atoms with E-state index in [-0.39, 0.29) is 47.5 Å². The van der Waals surface area contributed by atoms with E-state index in [2.05, 4.69) is 25.0 Å². The summed E-state index contributed by atoms with van der Waals surface area (Å²) in [5.41, 5.74) is 0.288. The summed E-state index contributed by atoms with van der Waals surface area (Å²) < 4.78 is 48.0. The fourth-order valence-corrected chi connectivity index (χ4v) is 8.44. The Bertz CT molecular complexity index is 2240. The number of aromatic nitrogens is 5. The van der Waals surface area contributed by atoms with Gasteiger partial charge in [0.1, 0.15) is 29.8 Å². The molecule has 7 heterocycles. The second-order valence-electron chi connectivity index (χ2n) is 14.6. The molecule has 4 aliphatic heterocycles. The topological polar surface area (TPSA) is 123 Å². The molecule has 3 aromatic heterocycles. The van der Waals surface area contributed by atoms with Crippen molar-refractivity contribution >= 4 is 51.1 Å².